The molecule has 0 aliphatic rings. The zero-order valence-electron chi connectivity index (χ0n) is 7.87. The van der Waals surface area contributed by atoms with Crippen LogP contribution in [0.5, 0.6) is 0 Å². The SMILES string of the molecule is Cc1ccc(-c2cccc(F)c2)cn1. The highest BCUT2D eigenvalue weighted by molar-refractivity contribution is 5.62. The minimum absolute atomic E-state index is 0.219. The Morgan fingerprint density at radius 1 is 1.07 bits per heavy atom. The van der Waals surface area contributed by atoms with Crippen LogP contribution in [0.1, 0.15) is 5.69 Å². The second-order valence-corrected chi connectivity index (χ2v) is 3.20. The molecule has 70 valence electrons. The van der Waals surface area contributed by atoms with E-state index in [1.165, 1.54) is 12.1 Å². The first-order valence-electron chi connectivity index (χ1n) is 4.44. The third kappa shape index (κ3) is 1.79. The van der Waals surface area contributed by atoms with Crippen molar-refractivity contribution >= 4 is 0 Å². The topological polar surface area (TPSA) is 12.9 Å². The number of pyridine rings is 1. The molecule has 2 aromatic rings. The molecule has 1 nitrogen and oxygen atoms in total. The molecule has 0 bridgehead atoms. The molecule has 0 saturated carbocycles. The van der Waals surface area contributed by atoms with Crippen LogP contribution in [0.3, 0.4) is 0 Å². The van der Waals surface area contributed by atoms with E-state index in [1.807, 2.05) is 25.1 Å². The zero-order chi connectivity index (χ0) is 9.97. The predicted molar refractivity (Wildman–Crippen MR) is 54.4 cm³/mol. The van der Waals surface area contributed by atoms with E-state index in [2.05, 4.69) is 4.98 Å². The van der Waals surface area contributed by atoms with Crippen molar-refractivity contribution in [3.05, 3.63) is 54.1 Å². The first-order chi connectivity index (χ1) is 6.75. The molecular formula is C12H10FN. The lowest BCUT2D eigenvalue weighted by Crippen LogP contribution is -1.83. The van der Waals surface area contributed by atoms with E-state index in [1.54, 1.807) is 12.3 Å². The molecule has 0 atom stereocenters. The van der Waals surface area contributed by atoms with Crippen LogP contribution in [0.15, 0.2) is 42.6 Å². The third-order valence-electron chi connectivity index (χ3n) is 2.07. The molecule has 0 aliphatic heterocycles. The van der Waals surface area contributed by atoms with Gasteiger partial charge in [0.05, 0.1) is 0 Å². The fourth-order valence-corrected chi connectivity index (χ4v) is 1.31. The molecule has 2 heteroatoms. The van der Waals surface area contributed by atoms with Gasteiger partial charge in [-0.15, -0.1) is 0 Å². The summed E-state index contributed by atoms with van der Waals surface area (Å²) in [5, 5.41) is 0. The van der Waals surface area contributed by atoms with Crippen molar-refractivity contribution in [2.45, 2.75) is 6.92 Å². The highest BCUT2D eigenvalue weighted by Crippen LogP contribution is 2.18. The molecular weight excluding hydrogens is 177 g/mol. The van der Waals surface area contributed by atoms with Gasteiger partial charge in [-0.3, -0.25) is 4.98 Å². The summed E-state index contributed by atoms with van der Waals surface area (Å²) >= 11 is 0. The van der Waals surface area contributed by atoms with Crippen molar-refractivity contribution in [1.82, 2.24) is 4.98 Å². The van der Waals surface area contributed by atoms with Gasteiger partial charge in [0.2, 0.25) is 0 Å². The van der Waals surface area contributed by atoms with E-state index >= 15 is 0 Å². The third-order valence-corrected chi connectivity index (χ3v) is 2.07. The standard InChI is InChI=1S/C12H10FN/c1-9-5-6-11(8-14-9)10-3-2-4-12(13)7-10/h2-8H,1H3. The van der Waals surface area contributed by atoms with Crippen LogP contribution in [0.2, 0.25) is 0 Å². The maximum atomic E-state index is 12.9. The van der Waals surface area contributed by atoms with Gasteiger partial charge in [-0.2, -0.15) is 0 Å². The summed E-state index contributed by atoms with van der Waals surface area (Å²) < 4.78 is 12.9. The van der Waals surface area contributed by atoms with Crippen molar-refractivity contribution in [3.8, 4) is 11.1 Å². The van der Waals surface area contributed by atoms with Crippen LogP contribution in [0.25, 0.3) is 11.1 Å². The van der Waals surface area contributed by atoms with Crippen molar-refractivity contribution in [2.75, 3.05) is 0 Å². The Bertz CT molecular complexity index is 434. The molecule has 0 radical (unpaired) electrons. The lowest BCUT2D eigenvalue weighted by Gasteiger charge is -2.01. The van der Waals surface area contributed by atoms with Crippen molar-refractivity contribution in [3.63, 3.8) is 0 Å². The average Bonchev–Trinajstić information content (AvgIpc) is 2.19. The smallest absolute Gasteiger partial charge is 0.123 e. The highest BCUT2D eigenvalue weighted by atomic mass is 19.1. The van der Waals surface area contributed by atoms with E-state index < -0.39 is 0 Å². The van der Waals surface area contributed by atoms with E-state index in [0.717, 1.165) is 16.8 Å². The number of aryl methyl sites for hydroxylation is 1. The summed E-state index contributed by atoms with van der Waals surface area (Å²) in [4.78, 5) is 4.16. The van der Waals surface area contributed by atoms with Gasteiger partial charge in [-0.1, -0.05) is 18.2 Å². The van der Waals surface area contributed by atoms with Crippen LogP contribution < -0.4 is 0 Å². The van der Waals surface area contributed by atoms with Crippen LogP contribution >= 0.6 is 0 Å². The summed E-state index contributed by atoms with van der Waals surface area (Å²) in [6.07, 6.45) is 1.75. The molecule has 1 aromatic carbocycles. The maximum absolute atomic E-state index is 12.9. The van der Waals surface area contributed by atoms with Crippen molar-refractivity contribution in [1.29, 1.82) is 0 Å². The molecule has 0 saturated heterocycles. The molecule has 0 unspecified atom stereocenters. The van der Waals surface area contributed by atoms with E-state index in [4.69, 9.17) is 0 Å². The van der Waals surface area contributed by atoms with Gasteiger partial charge in [0, 0.05) is 17.5 Å². The largest absolute Gasteiger partial charge is 0.261 e. The first kappa shape index (κ1) is 8.88. The van der Waals surface area contributed by atoms with Gasteiger partial charge in [0.25, 0.3) is 0 Å². The highest BCUT2D eigenvalue weighted by Gasteiger charge is 1.98. The Morgan fingerprint density at radius 3 is 2.57 bits per heavy atom. The second kappa shape index (κ2) is 3.58. The van der Waals surface area contributed by atoms with Gasteiger partial charge < -0.3 is 0 Å². The van der Waals surface area contributed by atoms with Crippen LogP contribution in [0.4, 0.5) is 4.39 Å². The predicted octanol–water partition coefficient (Wildman–Crippen LogP) is 3.20. The average molecular weight is 187 g/mol. The number of hydrogen-bond donors (Lipinski definition) is 0. The van der Waals surface area contributed by atoms with Gasteiger partial charge in [0.15, 0.2) is 0 Å². The number of rotatable bonds is 1. The zero-order valence-corrected chi connectivity index (χ0v) is 7.87. The molecule has 0 aliphatic carbocycles. The summed E-state index contributed by atoms with van der Waals surface area (Å²) in [5.74, 6) is -0.219. The van der Waals surface area contributed by atoms with Crippen molar-refractivity contribution < 1.29 is 4.39 Å². The van der Waals surface area contributed by atoms with E-state index in [-0.39, 0.29) is 5.82 Å². The first-order valence-corrected chi connectivity index (χ1v) is 4.44. The van der Waals surface area contributed by atoms with E-state index in [9.17, 15) is 4.39 Å². The van der Waals surface area contributed by atoms with Gasteiger partial charge in [0.1, 0.15) is 5.82 Å². The summed E-state index contributed by atoms with van der Waals surface area (Å²) in [6, 6.07) is 10.4. The minimum atomic E-state index is -0.219. The quantitative estimate of drug-likeness (QED) is 0.668. The normalized spacial score (nSPS) is 10.1. The van der Waals surface area contributed by atoms with Crippen molar-refractivity contribution in [2.24, 2.45) is 0 Å². The Labute approximate surface area is 82.2 Å². The minimum Gasteiger partial charge on any atom is -0.261 e. The fraction of sp³-hybridized carbons (Fsp3) is 0.0833. The molecule has 0 fully saturated rings. The number of hydrogen-bond acceptors (Lipinski definition) is 1. The summed E-state index contributed by atoms with van der Waals surface area (Å²) in [5.41, 5.74) is 2.76. The molecule has 14 heavy (non-hydrogen) atoms. The van der Waals surface area contributed by atoms with Gasteiger partial charge >= 0.3 is 0 Å². The van der Waals surface area contributed by atoms with Crippen LogP contribution in [-0.4, -0.2) is 4.98 Å². The number of halogens is 1. The maximum Gasteiger partial charge on any atom is 0.123 e. The Hall–Kier alpha value is -1.70. The lowest BCUT2D eigenvalue weighted by molar-refractivity contribution is 0.628. The molecule has 1 aromatic heterocycles. The molecule has 0 spiro atoms. The molecule has 2 rings (SSSR count). The van der Waals surface area contributed by atoms with Gasteiger partial charge in [-0.25, -0.2) is 4.39 Å². The van der Waals surface area contributed by atoms with Gasteiger partial charge in [-0.05, 0) is 30.7 Å². The second-order valence-electron chi connectivity index (χ2n) is 3.20. The Kier molecular flexibility index (Phi) is 2.27. The molecule has 0 N–H and O–H groups in total. The van der Waals surface area contributed by atoms with E-state index in [0.29, 0.717) is 0 Å². The summed E-state index contributed by atoms with van der Waals surface area (Å²) in [7, 11) is 0. The Balaban J connectivity index is 2.44. The van der Waals surface area contributed by atoms with Crippen LogP contribution in [0, 0.1) is 12.7 Å². The molecule has 1 heterocycles. The number of aromatic nitrogens is 1. The fourth-order valence-electron chi connectivity index (χ4n) is 1.31. The van der Waals surface area contributed by atoms with Crippen LogP contribution in [-0.2, 0) is 0 Å². The number of benzene rings is 1. The number of nitrogens with zero attached hydrogens (tertiary/aromatic N) is 1. The lowest BCUT2D eigenvalue weighted by atomic mass is 10.1. The monoisotopic (exact) mass is 187 g/mol. The summed E-state index contributed by atoms with van der Waals surface area (Å²) in [6.45, 7) is 1.93. The molecule has 0 amide bonds. The Morgan fingerprint density at radius 2 is 1.93 bits per heavy atom.